The SMILES string of the molecule is NCCNC(=O)NC[C@H]1O[C@H](O[C@H]2[C@H](O)[C@@H](O[C@H]3O[C@H](CO)[C@@H](O)[C@H](NC(=O)NCCN)[C@H]3O)[C@H](NC(=O)NCCN)C[C@@H]2NC(=O)NCCN)[C@H](N)[C@@H](O)[C@@H]1O. The van der Waals surface area contributed by atoms with Crippen molar-refractivity contribution in [3.05, 3.63) is 0 Å². The maximum absolute atomic E-state index is 13.0. The molecule has 3 fully saturated rings. The summed E-state index contributed by atoms with van der Waals surface area (Å²) in [5, 5.41) is 85.9. The summed E-state index contributed by atoms with van der Waals surface area (Å²) >= 11 is 0. The fourth-order valence-electron chi connectivity index (χ4n) is 6.40. The Morgan fingerprint density at radius 3 is 1.51 bits per heavy atom. The van der Waals surface area contributed by atoms with Crippen LogP contribution in [0.25, 0.3) is 0 Å². The maximum atomic E-state index is 13.0. The van der Waals surface area contributed by atoms with Gasteiger partial charge in [0.2, 0.25) is 0 Å². The first-order chi connectivity index (χ1) is 27.2. The Labute approximate surface area is 327 Å². The monoisotopic (exact) mass is 827 g/mol. The lowest BCUT2D eigenvalue weighted by molar-refractivity contribution is -0.321. The summed E-state index contributed by atoms with van der Waals surface area (Å²) in [5.74, 6) is 0. The topological polar surface area (TPSA) is 453 Å². The predicted octanol–water partition coefficient (Wildman–Crippen LogP) is -10.1. The predicted molar refractivity (Wildman–Crippen MR) is 195 cm³/mol. The van der Waals surface area contributed by atoms with E-state index in [-0.39, 0.29) is 65.3 Å². The number of carbonyl (C=O) groups excluding carboxylic acids is 4. The van der Waals surface area contributed by atoms with Gasteiger partial charge in [0, 0.05) is 58.9 Å². The molecule has 0 radical (unpaired) electrons. The Hall–Kier alpha value is -3.52. The second-order valence-electron chi connectivity index (χ2n) is 13.5. The van der Waals surface area contributed by atoms with Gasteiger partial charge >= 0.3 is 24.1 Å². The van der Waals surface area contributed by atoms with Crippen molar-refractivity contribution in [2.45, 2.75) is 98.1 Å². The van der Waals surface area contributed by atoms with E-state index in [2.05, 4.69) is 42.5 Å². The minimum atomic E-state index is -1.90. The van der Waals surface area contributed by atoms with Crippen LogP contribution in [0.3, 0.4) is 0 Å². The molecule has 3 rings (SSSR count). The number of urea groups is 4. The fourth-order valence-corrected chi connectivity index (χ4v) is 6.40. The Balaban J connectivity index is 1.98. The number of ether oxygens (including phenoxy) is 4. The summed E-state index contributed by atoms with van der Waals surface area (Å²) in [7, 11) is 0. The van der Waals surface area contributed by atoms with Gasteiger partial charge < -0.3 is 121 Å². The highest BCUT2D eigenvalue weighted by Crippen LogP contribution is 2.33. The molecule has 330 valence electrons. The van der Waals surface area contributed by atoms with E-state index in [1.165, 1.54) is 0 Å². The molecular formula is C30H61N13O14. The number of amides is 8. The largest absolute Gasteiger partial charge is 0.394 e. The molecule has 1 saturated carbocycles. The molecule has 27 nitrogen and oxygen atoms in total. The third-order valence-electron chi connectivity index (χ3n) is 9.30. The van der Waals surface area contributed by atoms with E-state index in [0.29, 0.717) is 0 Å². The Morgan fingerprint density at radius 1 is 0.561 bits per heavy atom. The van der Waals surface area contributed by atoms with Gasteiger partial charge in [-0.2, -0.15) is 0 Å². The first kappa shape index (κ1) is 47.9. The minimum Gasteiger partial charge on any atom is -0.394 e. The molecule has 2 saturated heterocycles. The highest BCUT2D eigenvalue weighted by Gasteiger charge is 2.54. The smallest absolute Gasteiger partial charge is 0.315 e. The molecule has 0 bridgehead atoms. The molecule has 27 heteroatoms. The van der Waals surface area contributed by atoms with Crippen LogP contribution in [0.2, 0.25) is 0 Å². The van der Waals surface area contributed by atoms with Crippen molar-refractivity contribution < 1.29 is 68.8 Å². The van der Waals surface area contributed by atoms with Gasteiger partial charge in [0.25, 0.3) is 0 Å². The summed E-state index contributed by atoms with van der Waals surface area (Å²) in [4.78, 5) is 50.6. The van der Waals surface area contributed by atoms with E-state index in [9.17, 15) is 49.8 Å². The number of aliphatic hydroxyl groups excluding tert-OH is 6. The third kappa shape index (κ3) is 13.5. The van der Waals surface area contributed by atoms with Crippen molar-refractivity contribution in [1.82, 2.24) is 42.5 Å². The van der Waals surface area contributed by atoms with Gasteiger partial charge in [-0.1, -0.05) is 0 Å². The molecular weight excluding hydrogens is 766 g/mol. The summed E-state index contributed by atoms with van der Waals surface area (Å²) in [6.07, 6.45) is -18.3. The lowest BCUT2D eigenvalue weighted by Crippen LogP contribution is -2.71. The molecule has 0 aromatic heterocycles. The van der Waals surface area contributed by atoms with Gasteiger partial charge in [-0.05, 0) is 6.42 Å². The van der Waals surface area contributed by atoms with Crippen LogP contribution in [0.15, 0.2) is 0 Å². The van der Waals surface area contributed by atoms with Gasteiger partial charge in [0.1, 0.15) is 54.9 Å². The number of hydrogen-bond donors (Lipinski definition) is 19. The van der Waals surface area contributed by atoms with Crippen molar-refractivity contribution in [2.75, 3.05) is 65.5 Å². The highest BCUT2D eigenvalue weighted by atomic mass is 16.7. The molecule has 57 heavy (non-hydrogen) atoms. The zero-order chi connectivity index (χ0) is 42.2. The van der Waals surface area contributed by atoms with E-state index in [0.717, 1.165) is 0 Å². The van der Waals surface area contributed by atoms with Crippen molar-refractivity contribution in [3.8, 4) is 0 Å². The van der Waals surface area contributed by atoms with Crippen LogP contribution < -0.4 is 71.2 Å². The van der Waals surface area contributed by atoms with E-state index in [1.807, 2.05) is 0 Å². The summed E-state index contributed by atoms with van der Waals surface area (Å²) in [6, 6.07) is -8.43. The quantitative estimate of drug-likeness (QED) is 0.0610. The molecule has 0 aromatic rings. The molecule has 0 unspecified atom stereocenters. The van der Waals surface area contributed by atoms with Gasteiger partial charge in [-0.25, -0.2) is 19.2 Å². The van der Waals surface area contributed by atoms with Crippen LogP contribution in [0.1, 0.15) is 6.42 Å². The number of hydrogen-bond acceptors (Lipinski definition) is 19. The van der Waals surface area contributed by atoms with E-state index >= 15 is 0 Å². The zero-order valence-corrected chi connectivity index (χ0v) is 31.3. The van der Waals surface area contributed by atoms with Gasteiger partial charge in [-0.3, -0.25) is 0 Å². The van der Waals surface area contributed by atoms with Crippen LogP contribution >= 0.6 is 0 Å². The van der Waals surface area contributed by atoms with E-state index in [1.54, 1.807) is 0 Å². The van der Waals surface area contributed by atoms with Crippen LogP contribution in [-0.4, -0.2) is 212 Å². The number of nitrogens with two attached hydrogens (primary N) is 5. The molecule has 1 aliphatic carbocycles. The van der Waals surface area contributed by atoms with Crippen molar-refractivity contribution in [2.24, 2.45) is 28.7 Å². The van der Waals surface area contributed by atoms with Gasteiger partial charge in [0.05, 0.1) is 30.8 Å². The maximum Gasteiger partial charge on any atom is 0.315 e. The molecule has 0 aromatic carbocycles. The molecule has 8 amide bonds. The molecule has 2 heterocycles. The van der Waals surface area contributed by atoms with Crippen molar-refractivity contribution in [1.29, 1.82) is 0 Å². The Kier molecular flexibility index (Phi) is 20.0. The lowest BCUT2D eigenvalue weighted by atomic mass is 9.83. The molecule has 0 spiro atoms. The van der Waals surface area contributed by atoms with E-state index < -0.39 is 122 Å². The van der Waals surface area contributed by atoms with Gasteiger partial charge in [-0.15, -0.1) is 0 Å². The van der Waals surface area contributed by atoms with E-state index in [4.69, 9.17) is 47.6 Å². The van der Waals surface area contributed by atoms with Crippen molar-refractivity contribution in [3.63, 3.8) is 0 Å². The summed E-state index contributed by atoms with van der Waals surface area (Å²) < 4.78 is 23.8. The molecule has 15 atom stereocenters. The number of carbonyl (C=O) groups is 4. The zero-order valence-electron chi connectivity index (χ0n) is 31.3. The Bertz CT molecular complexity index is 1270. The first-order valence-corrected chi connectivity index (χ1v) is 18.5. The number of nitrogens with one attached hydrogen (secondary N) is 8. The average Bonchev–Trinajstić information content (AvgIpc) is 3.19. The van der Waals surface area contributed by atoms with Crippen molar-refractivity contribution >= 4 is 24.1 Å². The number of rotatable bonds is 18. The average molecular weight is 828 g/mol. The highest BCUT2D eigenvalue weighted by molar-refractivity contribution is 5.75. The summed E-state index contributed by atoms with van der Waals surface area (Å²) in [6.45, 7) is -0.499. The first-order valence-electron chi connectivity index (χ1n) is 18.5. The van der Waals surface area contributed by atoms with Crippen LogP contribution in [0.5, 0.6) is 0 Å². The lowest BCUT2D eigenvalue weighted by Gasteiger charge is -2.50. The molecule has 3 aliphatic rings. The number of aliphatic hydroxyl groups is 6. The van der Waals surface area contributed by atoms with Crippen LogP contribution in [0, 0.1) is 0 Å². The normalized spacial score (nSPS) is 35.3. The van der Waals surface area contributed by atoms with Crippen LogP contribution in [-0.2, 0) is 18.9 Å². The molecule has 24 N–H and O–H groups in total. The third-order valence-corrected chi connectivity index (χ3v) is 9.30. The minimum absolute atomic E-state index is 0.0391. The van der Waals surface area contributed by atoms with Gasteiger partial charge in [0.15, 0.2) is 12.6 Å². The van der Waals surface area contributed by atoms with Crippen LogP contribution in [0.4, 0.5) is 19.2 Å². The second-order valence-corrected chi connectivity index (χ2v) is 13.5. The Morgan fingerprint density at radius 2 is 1.02 bits per heavy atom. The molecule has 2 aliphatic heterocycles. The summed E-state index contributed by atoms with van der Waals surface area (Å²) in [5.41, 5.74) is 28.1. The second kappa shape index (κ2) is 23.8. The standard InChI is InChI=1S/C30H61N13O14/c31-1-5-36-27(50)40-10-14-19(46)20(47)16(35)25(54-14)56-23-12(41-28(51)37-6-2-32)9-13(42-29(52)38-7-3-33)24(22(23)49)57-26-21(48)17(18(45)15(11-44)55-26)43-30(53)39-8-4-34/h12-26,44-49H,1-11,31-35H2,(H2,36,40,50)(H2,37,41,51)(H2,38,42,52)(H2,39,43,53)/t12-,13+,14+,15+,16+,17-,18+,19+,20+,21+,22-,23+,24-,25+,26+/m0/s1. The fraction of sp³-hybridized carbons (Fsp3) is 0.867.